The van der Waals surface area contributed by atoms with Gasteiger partial charge in [0.05, 0.1) is 12.3 Å². The van der Waals surface area contributed by atoms with Gasteiger partial charge in [-0.05, 0) is 31.9 Å². The molecule has 6 nitrogen and oxygen atoms in total. The van der Waals surface area contributed by atoms with Crippen molar-refractivity contribution in [2.45, 2.75) is 32.2 Å². The number of carbonyl (C=O) groups is 2. The van der Waals surface area contributed by atoms with E-state index in [0.29, 0.717) is 37.4 Å². The Morgan fingerprint density at radius 1 is 1.43 bits per heavy atom. The molecular formula is C15H20N2O4. The number of amides is 2. The first-order chi connectivity index (χ1) is 9.98. The summed E-state index contributed by atoms with van der Waals surface area (Å²) < 4.78 is 5.59. The molecule has 1 aliphatic rings. The van der Waals surface area contributed by atoms with Crippen LogP contribution in [0.25, 0.3) is 0 Å². The fourth-order valence-corrected chi connectivity index (χ4v) is 2.13. The van der Waals surface area contributed by atoms with Crippen LogP contribution in [0.3, 0.4) is 0 Å². The SMILES string of the molecule is CCC(C)(NC(=O)N1CCCOc2ccccc21)C(=O)O. The second-order valence-electron chi connectivity index (χ2n) is 5.24. The molecule has 1 aromatic rings. The van der Waals surface area contributed by atoms with Crippen molar-refractivity contribution in [1.82, 2.24) is 5.32 Å². The Morgan fingerprint density at radius 3 is 2.81 bits per heavy atom. The van der Waals surface area contributed by atoms with E-state index < -0.39 is 17.5 Å². The lowest BCUT2D eigenvalue weighted by molar-refractivity contribution is -0.143. The summed E-state index contributed by atoms with van der Waals surface area (Å²) in [5.41, 5.74) is -0.615. The number of ether oxygens (including phenoxy) is 1. The monoisotopic (exact) mass is 292 g/mol. The number of urea groups is 1. The summed E-state index contributed by atoms with van der Waals surface area (Å²) in [6.07, 6.45) is 0.998. The van der Waals surface area contributed by atoms with Gasteiger partial charge in [0.15, 0.2) is 0 Å². The van der Waals surface area contributed by atoms with E-state index in [1.165, 1.54) is 6.92 Å². The molecule has 6 heteroatoms. The smallest absolute Gasteiger partial charge is 0.329 e. The Labute approximate surface area is 123 Å². The molecule has 21 heavy (non-hydrogen) atoms. The van der Waals surface area contributed by atoms with Crippen LogP contribution in [-0.2, 0) is 4.79 Å². The lowest BCUT2D eigenvalue weighted by Crippen LogP contribution is -2.56. The van der Waals surface area contributed by atoms with Crippen molar-refractivity contribution < 1.29 is 19.4 Å². The quantitative estimate of drug-likeness (QED) is 0.895. The number of para-hydroxylation sites is 2. The summed E-state index contributed by atoms with van der Waals surface area (Å²) in [6.45, 7) is 4.26. The van der Waals surface area contributed by atoms with Gasteiger partial charge < -0.3 is 15.2 Å². The van der Waals surface area contributed by atoms with Crippen LogP contribution in [-0.4, -0.2) is 35.8 Å². The summed E-state index contributed by atoms with van der Waals surface area (Å²) in [5, 5.41) is 11.9. The largest absolute Gasteiger partial charge is 0.491 e. The van der Waals surface area contributed by atoms with Crippen molar-refractivity contribution in [3.8, 4) is 5.75 Å². The van der Waals surface area contributed by atoms with Crippen molar-refractivity contribution >= 4 is 17.7 Å². The number of nitrogens with zero attached hydrogens (tertiary/aromatic N) is 1. The molecule has 1 atom stereocenters. The molecule has 0 radical (unpaired) electrons. The zero-order valence-electron chi connectivity index (χ0n) is 12.3. The Kier molecular flexibility index (Phi) is 4.35. The molecular weight excluding hydrogens is 272 g/mol. The van der Waals surface area contributed by atoms with Gasteiger partial charge in [-0.3, -0.25) is 4.90 Å². The molecule has 0 saturated carbocycles. The van der Waals surface area contributed by atoms with Gasteiger partial charge in [-0.15, -0.1) is 0 Å². The first-order valence-electron chi connectivity index (χ1n) is 7.03. The third kappa shape index (κ3) is 3.09. The van der Waals surface area contributed by atoms with E-state index in [1.807, 2.05) is 12.1 Å². The summed E-state index contributed by atoms with van der Waals surface area (Å²) in [5.74, 6) is -0.406. The third-order valence-electron chi connectivity index (χ3n) is 3.75. The predicted molar refractivity (Wildman–Crippen MR) is 78.8 cm³/mol. The van der Waals surface area contributed by atoms with Crippen LogP contribution in [0.4, 0.5) is 10.5 Å². The average Bonchev–Trinajstić information content (AvgIpc) is 2.69. The molecule has 0 fully saturated rings. The zero-order valence-corrected chi connectivity index (χ0v) is 12.3. The Hall–Kier alpha value is -2.24. The molecule has 1 unspecified atom stereocenters. The van der Waals surface area contributed by atoms with Crippen molar-refractivity contribution in [2.24, 2.45) is 0 Å². The minimum Gasteiger partial charge on any atom is -0.491 e. The van der Waals surface area contributed by atoms with Crippen LogP contribution < -0.4 is 15.0 Å². The number of carboxylic acid groups (broad SMARTS) is 1. The molecule has 0 saturated heterocycles. The second-order valence-corrected chi connectivity index (χ2v) is 5.24. The van der Waals surface area contributed by atoms with Gasteiger partial charge >= 0.3 is 12.0 Å². The molecule has 0 aliphatic carbocycles. The van der Waals surface area contributed by atoms with Crippen molar-refractivity contribution in [1.29, 1.82) is 0 Å². The number of fused-ring (bicyclic) bond motifs is 1. The van der Waals surface area contributed by atoms with Crippen molar-refractivity contribution in [3.63, 3.8) is 0 Å². The first kappa shape index (κ1) is 15.2. The van der Waals surface area contributed by atoms with Crippen LogP contribution in [0.2, 0.25) is 0 Å². The molecule has 114 valence electrons. The van der Waals surface area contributed by atoms with E-state index in [1.54, 1.807) is 24.0 Å². The number of aliphatic carboxylic acids is 1. The summed E-state index contributed by atoms with van der Waals surface area (Å²) in [7, 11) is 0. The lowest BCUT2D eigenvalue weighted by atomic mass is 10.00. The van der Waals surface area contributed by atoms with Crippen LogP contribution >= 0.6 is 0 Å². The van der Waals surface area contributed by atoms with Crippen LogP contribution in [0.1, 0.15) is 26.7 Å². The average molecular weight is 292 g/mol. The second kappa shape index (κ2) is 6.03. The summed E-state index contributed by atoms with van der Waals surface area (Å²) in [6, 6.07) is 6.85. The van der Waals surface area contributed by atoms with Gasteiger partial charge in [0.1, 0.15) is 11.3 Å². The minimum atomic E-state index is -1.28. The number of rotatable bonds is 3. The molecule has 0 aromatic heterocycles. The van der Waals surface area contributed by atoms with E-state index in [9.17, 15) is 14.7 Å². The molecule has 2 rings (SSSR count). The maximum Gasteiger partial charge on any atom is 0.329 e. The van der Waals surface area contributed by atoms with Gasteiger partial charge in [0.25, 0.3) is 0 Å². The standard InChI is InChI=1S/C15H20N2O4/c1-3-15(2,13(18)19)16-14(20)17-9-6-10-21-12-8-5-4-7-11(12)17/h4-5,7-8H,3,6,9-10H2,1-2H3,(H,16,20)(H,18,19). The number of hydrogen-bond donors (Lipinski definition) is 2. The van der Waals surface area contributed by atoms with Crippen LogP contribution in [0, 0.1) is 0 Å². The lowest BCUT2D eigenvalue weighted by Gasteiger charge is -2.29. The highest BCUT2D eigenvalue weighted by Crippen LogP contribution is 2.30. The molecule has 1 aliphatic heterocycles. The van der Waals surface area contributed by atoms with Gasteiger partial charge in [-0.1, -0.05) is 19.1 Å². The number of benzene rings is 1. The zero-order chi connectivity index (χ0) is 15.5. The first-order valence-corrected chi connectivity index (χ1v) is 7.03. The Bertz CT molecular complexity index is 546. The molecule has 0 bridgehead atoms. The minimum absolute atomic E-state index is 0.306. The fourth-order valence-electron chi connectivity index (χ4n) is 2.13. The number of carbonyl (C=O) groups excluding carboxylic acids is 1. The molecule has 2 N–H and O–H groups in total. The fraction of sp³-hybridized carbons (Fsp3) is 0.467. The van der Waals surface area contributed by atoms with E-state index >= 15 is 0 Å². The van der Waals surface area contributed by atoms with E-state index in [2.05, 4.69) is 5.32 Å². The highest BCUT2D eigenvalue weighted by molar-refractivity contribution is 5.97. The molecule has 2 amide bonds. The Balaban J connectivity index is 2.25. The normalized spacial score (nSPS) is 17.0. The number of nitrogens with one attached hydrogen (secondary N) is 1. The van der Waals surface area contributed by atoms with Crippen LogP contribution in [0.15, 0.2) is 24.3 Å². The topological polar surface area (TPSA) is 78.9 Å². The highest BCUT2D eigenvalue weighted by Gasteiger charge is 2.35. The Morgan fingerprint density at radius 2 is 2.14 bits per heavy atom. The van der Waals surface area contributed by atoms with Crippen molar-refractivity contribution in [3.05, 3.63) is 24.3 Å². The summed E-state index contributed by atoms with van der Waals surface area (Å²) >= 11 is 0. The van der Waals surface area contributed by atoms with Gasteiger partial charge in [-0.2, -0.15) is 0 Å². The maximum absolute atomic E-state index is 12.5. The highest BCUT2D eigenvalue weighted by atomic mass is 16.5. The summed E-state index contributed by atoms with van der Waals surface area (Å²) in [4.78, 5) is 25.4. The van der Waals surface area contributed by atoms with E-state index in [0.717, 1.165) is 0 Å². The van der Waals surface area contributed by atoms with E-state index in [-0.39, 0.29) is 0 Å². The van der Waals surface area contributed by atoms with Gasteiger partial charge in [0.2, 0.25) is 0 Å². The van der Waals surface area contributed by atoms with Crippen molar-refractivity contribution in [2.75, 3.05) is 18.1 Å². The third-order valence-corrected chi connectivity index (χ3v) is 3.75. The molecule has 1 aromatic carbocycles. The number of hydrogen-bond acceptors (Lipinski definition) is 3. The predicted octanol–water partition coefficient (Wildman–Crippen LogP) is 2.24. The number of carboxylic acids is 1. The molecule has 1 heterocycles. The van der Waals surface area contributed by atoms with Gasteiger partial charge in [0, 0.05) is 6.54 Å². The van der Waals surface area contributed by atoms with E-state index in [4.69, 9.17) is 4.74 Å². The van der Waals surface area contributed by atoms with Gasteiger partial charge in [-0.25, -0.2) is 9.59 Å². The number of anilines is 1. The maximum atomic E-state index is 12.5. The van der Waals surface area contributed by atoms with Crippen LogP contribution in [0.5, 0.6) is 5.75 Å². The molecule has 0 spiro atoms.